The van der Waals surface area contributed by atoms with Crippen LogP contribution in [-0.4, -0.2) is 0 Å². The first-order valence-corrected chi connectivity index (χ1v) is 24.5. The molecule has 3 aliphatic rings. The fourth-order valence-electron chi connectivity index (χ4n) is 11.4. The number of rotatable bonds is 8. The smallest absolute Gasteiger partial charge is 0.0846 e. The van der Waals surface area contributed by atoms with Crippen LogP contribution in [0.3, 0.4) is 0 Å². The average Bonchev–Trinajstić information content (AvgIpc) is 4.05. The van der Waals surface area contributed by atoms with E-state index in [1.807, 2.05) is 23.5 Å². The van der Waals surface area contributed by atoms with Crippen LogP contribution in [0.15, 0.2) is 265 Å². The van der Waals surface area contributed by atoms with Crippen molar-refractivity contribution in [2.75, 3.05) is 4.90 Å². The van der Waals surface area contributed by atoms with Gasteiger partial charge in [0.15, 0.2) is 0 Å². The van der Waals surface area contributed by atoms with Crippen molar-refractivity contribution in [2.45, 2.75) is 25.2 Å². The maximum Gasteiger partial charge on any atom is 0.0846 e. The molecule has 1 aliphatic heterocycles. The third-order valence-electron chi connectivity index (χ3n) is 14.1. The number of nitrogens with zero attached hydrogens (tertiary/aromatic N) is 1. The van der Waals surface area contributed by atoms with Gasteiger partial charge in [-0.15, -0.1) is 23.5 Å². The fraction of sp³-hybridized carbons (Fsp3) is 0.0476. The molecule has 10 aromatic rings. The van der Waals surface area contributed by atoms with E-state index in [0.717, 1.165) is 17.1 Å². The van der Waals surface area contributed by atoms with Crippen LogP contribution in [-0.2, 0) is 10.8 Å². The lowest BCUT2D eigenvalue weighted by Crippen LogP contribution is -2.29. The summed E-state index contributed by atoms with van der Waals surface area (Å²) in [6.07, 6.45) is 0. The number of thioether (sulfide) groups is 2. The molecule has 3 heteroatoms. The summed E-state index contributed by atoms with van der Waals surface area (Å²) in [5, 5.41) is 0. The summed E-state index contributed by atoms with van der Waals surface area (Å²) in [5.41, 5.74) is 19.0. The van der Waals surface area contributed by atoms with Gasteiger partial charge >= 0.3 is 0 Å². The quantitative estimate of drug-likeness (QED) is 0.150. The Morgan fingerprint density at radius 1 is 0.288 bits per heavy atom. The van der Waals surface area contributed by atoms with Crippen molar-refractivity contribution < 1.29 is 0 Å². The Balaban J connectivity index is 1.07. The van der Waals surface area contributed by atoms with Crippen LogP contribution in [0.4, 0.5) is 17.1 Å². The van der Waals surface area contributed by atoms with Crippen molar-refractivity contribution in [1.29, 1.82) is 0 Å². The molecule has 1 nitrogen and oxygen atoms in total. The van der Waals surface area contributed by atoms with Crippen molar-refractivity contribution in [1.82, 2.24) is 0 Å². The van der Waals surface area contributed by atoms with Gasteiger partial charge in [0, 0.05) is 26.9 Å². The topological polar surface area (TPSA) is 3.24 Å². The van der Waals surface area contributed by atoms with E-state index in [-0.39, 0.29) is 0 Å². The number of hydrogen-bond donors (Lipinski definition) is 0. The molecule has 10 aromatic carbocycles. The van der Waals surface area contributed by atoms with Gasteiger partial charge in [-0.2, -0.15) is 0 Å². The minimum Gasteiger partial charge on any atom is -0.310 e. The minimum absolute atomic E-state index is 0.302. The molecular formula is C63H43NS2. The van der Waals surface area contributed by atoms with Gasteiger partial charge in [-0.25, -0.2) is 0 Å². The Labute approximate surface area is 395 Å². The van der Waals surface area contributed by atoms with Crippen LogP contribution in [0.5, 0.6) is 0 Å². The molecule has 312 valence electrons. The minimum atomic E-state index is -0.529. The lowest BCUT2D eigenvalue weighted by atomic mass is 9.67. The standard InChI is InChI=1S/C63H43NS2/c1-6-20-43(21-7-1)61-65-59-39-36-50(42-60(59)66-61)64(48-34-37-53-51-30-16-18-32-55(51)62(57(53)40-48,44-22-8-2-9-23-44)45-24-10-3-11-25-45)49-35-38-54-52-31-17-19-33-56(52)63(58(54)41-49,46-26-12-4-13-27-46)47-28-14-5-15-29-47/h1-42,61H. The van der Waals surface area contributed by atoms with Crippen molar-refractivity contribution in [3.05, 3.63) is 305 Å². The second-order valence-electron chi connectivity index (χ2n) is 17.5. The second kappa shape index (κ2) is 15.7. The van der Waals surface area contributed by atoms with E-state index < -0.39 is 10.8 Å². The maximum absolute atomic E-state index is 2.52. The zero-order valence-electron chi connectivity index (χ0n) is 36.1. The summed E-state index contributed by atoms with van der Waals surface area (Å²) in [6, 6.07) is 95.1. The van der Waals surface area contributed by atoms with Gasteiger partial charge < -0.3 is 4.90 Å². The molecule has 0 bridgehead atoms. The number of benzene rings is 10. The Kier molecular flexibility index (Phi) is 9.30. The normalized spacial score (nSPS) is 15.5. The lowest BCUT2D eigenvalue weighted by Gasteiger charge is -2.36. The molecule has 66 heavy (non-hydrogen) atoms. The molecule has 0 amide bonds. The molecular weight excluding hydrogens is 835 g/mol. The molecule has 0 saturated heterocycles. The Morgan fingerprint density at radius 3 is 1.09 bits per heavy atom. The zero-order valence-corrected chi connectivity index (χ0v) is 37.7. The van der Waals surface area contributed by atoms with Gasteiger partial charge in [-0.1, -0.05) is 212 Å². The molecule has 13 rings (SSSR count). The van der Waals surface area contributed by atoms with E-state index >= 15 is 0 Å². The van der Waals surface area contributed by atoms with Gasteiger partial charge in [0.05, 0.1) is 15.4 Å². The van der Waals surface area contributed by atoms with Crippen LogP contribution in [0.25, 0.3) is 22.3 Å². The predicted octanol–water partition coefficient (Wildman–Crippen LogP) is 16.8. The number of anilines is 3. The van der Waals surface area contributed by atoms with Crippen molar-refractivity contribution in [3.63, 3.8) is 0 Å². The van der Waals surface area contributed by atoms with Crippen LogP contribution in [0.2, 0.25) is 0 Å². The Bertz CT molecular complexity index is 3160. The first-order valence-electron chi connectivity index (χ1n) is 22.8. The summed E-state index contributed by atoms with van der Waals surface area (Å²) in [5.74, 6) is 0. The molecule has 0 fully saturated rings. The van der Waals surface area contributed by atoms with Gasteiger partial charge in [0.25, 0.3) is 0 Å². The Hall–Kier alpha value is -7.30. The molecule has 0 saturated carbocycles. The SMILES string of the molecule is c1ccc(C2Sc3ccc(N(c4ccc5c(c4)C(c4ccccc4)(c4ccccc4)c4ccccc4-5)c4ccc5c(c4)C(c4ccccc4)(c4ccccc4)c4ccccc4-5)cc3S2)cc1. The highest BCUT2D eigenvalue weighted by Crippen LogP contribution is 2.61. The first kappa shape index (κ1) is 39.1. The summed E-state index contributed by atoms with van der Waals surface area (Å²) in [7, 11) is 0. The number of fused-ring (bicyclic) bond motifs is 7. The largest absolute Gasteiger partial charge is 0.310 e. The second-order valence-corrected chi connectivity index (χ2v) is 20.1. The van der Waals surface area contributed by atoms with E-state index in [1.54, 1.807) is 0 Å². The van der Waals surface area contributed by atoms with Crippen LogP contribution in [0, 0.1) is 0 Å². The Morgan fingerprint density at radius 2 is 0.636 bits per heavy atom. The zero-order chi connectivity index (χ0) is 43.7. The lowest BCUT2D eigenvalue weighted by molar-refractivity contribution is 0.767. The van der Waals surface area contributed by atoms with Crippen LogP contribution < -0.4 is 4.90 Å². The summed E-state index contributed by atoms with van der Waals surface area (Å²) in [6.45, 7) is 0. The van der Waals surface area contributed by atoms with Crippen molar-refractivity contribution in [2.24, 2.45) is 0 Å². The predicted molar refractivity (Wildman–Crippen MR) is 277 cm³/mol. The van der Waals surface area contributed by atoms with Crippen LogP contribution >= 0.6 is 23.5 Å². The maximum atomic E-state index is 2.52. The van der Waals surface area contributed by atoms with Gasteiger partial charge in [0.2, 0.25) is 0 Å². The average molecular weight is 878 g/mol. The summed E-state index contributed by atoms with van der Waals surface area (Å²) < 4.78 is 0.302. The van der Waals surface area contributed by atoms with E-state index in [1.165, 1.54) is 82.1 Å². The van der Waals surface area contributed by atoms with Gasteiger partial charge in [-0.05, 0) is 115 Å². The van der Waals surface area contributed by atoms with E-state index in [2.05, 4.69) is 260 Å². The molecule has 2 aliphatic carbocycles. The molecule has 1 heterocycles. The van der Waals surface area contributed by atoms with E-state index in [0.29, 0.717) is 4.58 Å². The highest BCUT2D eigenvalue weighted by Gasteiger charge is 2.48. The van der Waals surface area contributed by atoms with E-state index in [9.17, 15) is 0 Å². The van der Waals surface area contributed by atoms with E-state index in [4.69, 9.17) is 0 Å². The fourth-order valence-corrected chi connectivity index (χ4v) is 14.3. The van der Waals surface area contributed by atoms with Gasteiger partial charge in [0.1, 0.15) is 0 Å². The van der Waals surface area contributed by atoms with Crippen molar-refractivity contribution in [3.8, 4) is 22.3 Å². The molecule has 0 N–H and O–H groups in total. The third-order valence-corrected chi connectivity index (χ3v) is 17.0. The van der Waals surface area contributed by atoms with Gasteiger partial charge in [-0.3, -0.25) is 0 Å². The third kappa shape index (κ3) is 5.83. The monoisotopic (exact) mass is 877 g/mol. The molecule has 1 unspecified atom stereocenters. The number of hydrogen-bond acceptors (Lipinski definition) is 3. The first-order chi connectivity index (χ1) is 32.7. The molecule has 1 atom stereocenters. The molecule has 0 spiro atoms. The highest BCUT2D eigenvalue weighted by molar-refractivity contribution is 8.19. The summed E-state index contributed by atoms with van der Waals surface area (Å²) >= 11 is 3.91. The van der Waals surface area contributed by atoms with Crippen LogP contribution in [0.1, 0.15) is 54.7 Å². The summed E-state index contributed by atoms with van der Waals surface area (Å²) in [4.78, 5) is 5.16. The van der Waals surface area contributed by atoms with Crippen molar-refractivity contribution >= 4 is 40.6 Å². The molecule has 0 aromatic heterocycles. The highest BCUT2D eigenvalue weighted by atomic mass is 32.2. The molecule has 0 radical (unpaired) electrons.